The quantitative estimate of drug-likeness (QED) is 0.842. The van der Waals surface area contributed by atoms with Crippen LogP contribution in [0.3, 0.4) is 0 Å². The molecule has 0 unspecified atom stereocenters. The van der Waals surface area contributed by atoms with Gasteiger partial charge in [-0.05, 0) is 41.2 Å². The minimum atomic E-state index is -0.137. The van der Waals surface area contributed by atoms with Crippen LogP contribution in [0.5, 0.6) is 0 Å². The summed E-state index contributed by atoms with van der Waals surface area (Å²) in [5, 5.41) is 5.57. The first-order valence-electron chi connectivity index (χ1n) is 8.51. The van der Waals surface area contributed by atoms with E-state index >= 15 is 0 Å². The monoisotopic (exact) mass is 338 g/mol. The van der Waals surface area contributed by atoms with E-state index in [2.05, 4.69) is 55.7 Å². The smallest absolute Gasteiger partial charge is 0.224 e. The predicted octanol–water partition coefficient (Wildman–Crippen LogP) is 4.51. The van der Waals surface area contributed by atoms with Crippen LogP contribution in [0.1, 0.15) is 45.2 Å². The SMILES string of the molecule is CC(=O)Nc1cccc(NC(=O)CCc2ccc(C(C)(C)C)cc2)c1. The van der Waals surface area contributed by atoms with Gasteiger partial charge in [0.25, 0.3) is 0 Å². The van der Waals surface area contributed by atoms with Crippen molar-refractivity contribution in [2.45, 2.75) is 46.0 Å². The molecule has 0 spiro atoms. The Labute approximate surface area is 149 Å². The molecule has 0 aliphatic carbocycles. The van der Waals surface area contributed by atoms with Crippen molar-refractivity contribution in [2.24, 2.45) is 0 Å². The maximum Gasteiger partial charge on any atom is 0.224 e. The van der Waals surface area contributed by atoms with Crippen LogP contribution < -0.4 is 10.6 Å². The average molecular weight is 338 g/mol. The fourth-order valence-corrected chi connectivity index (χ4v) is 2.53. The van der Waals surface area contributed by atoms with Gasteiger partial charge in [-0.3, -0.25) is 9.59 Å². The van der Waals surface area contributed by atoms with Crippen LogP contribution >= 0.6 is 0 Å². The molecule has 0 saturated carbocycles. The van der Waals surface area contributed by atoms with Gasteiger partial charge in [-0.2, -0.15) is 0 Å². The molecular formula is C21H26N2O2. The molecule has 25 heavy (non-hydrogen) atoms. The van der Waals surface area contributed by atoms with Gasteiger partial charge in [-0.25, -0.2) is 0 Å². The number of amides is 2. The largest absolute Gasteiger partial charge is 0.326 e. The van der Waals surface area contributed by atoms with Crippen LogP contribution in [-0.4, -0.2) is 11.8 Å². The highest BCUT2D eigenvalue weighted by Crippen LogP contribution is 2.22. The minimum absolute atomic E-state index is 0.0418. The molecule has 2 amide bonds. The van der Waals surface area contributed by atoms with Crippen LogP contribution in [0.2, 0.25) is 0 Å². The molecule has 0 atom stereocenters. The molecule has 0 fully saturated rings. The zero-order chi connectivity index (χ0) is 18.4. The number of nitrogens with one attached hydrogen (secondary N) is 2. The Balaban J connectivity index is 1.89. The van der Waals surface area contributed by atoms with Gasteiger partial charge >= 0.3 is 0 Å². The fraction of sp³-hybridized carbons (Fsp3) is 0.333. The van der Waals surface area contributed by atoms with Crippen molar-refractivity contribution in [1.29, 1.82) is 0 Å². The van der Waals surface area contributed by atoms with Gasteiger partial charge in [0.05, 0.1) is 0 Å². The van der Waals surface area contributed by atoms with E-state index in [0.717, 1.165) is 5.56 Å². The Kier molecular flexibility index (Phi) is 5.97. The molecular weight excluding hydrogens is 312 g/mol. The molecule has 2 rings (SSSR count). The summed E-state index contributed by atoms with van der Waals surface area (Å²) in [6, 6.07) is 15.6. The Morgan fingerprint density at radius 2 is 1.52 bits per heavy atom. The number of benzene rings is 2. The van der Waals surface area contributed by atoms with E-state index in [0.29, 0.717) is 24.2 Å². The normalized spacial score (nSPS) is 11.0. The number of rotatable bonds is 5. The van der Waals surface area contributed by atoms with Crippen molar-refractivity contribution in [2.75, 3.05) is 10.6 Å². The van der Waals surface area contributed by atoms with Crippen molar-refractivity contribution in [3.05, 3.63) is 59.7 Å². The number of aryl methyl sites for hydroxylation is 1. The molecule has 4 nitrogen and oxygen atoms in total. The van der Waals surface area contributed by atoms with Gasteiger partial charge < -0.3 is 10.6 Å². The maximum absolute atomic E-state index is 12.1. The first kappa shape index (κ1) is 18.7. The zero-order valence-corrected chi connectivity index (χ0v) is 15.3. The third-order valence-corrected chi connectivity index (χ3v) is 3.93. The summed E-state index contributed by atoms with van der Waals surface area (Å²) in [7, 11) is 0. The van der Waals surface area contributed by atoms with E-state index in [9.17, 15) is 9.59 Å². The molecule has 0 bridgehead atoms. The molecule has 0 saturated heterocycles. The molecule has 0 radical (unpaired) electrons. The third kappa shape index (κ3) is 6.07. The molecule has 2 aromatic rings. The average Bonchev–Trinajstić information content (AvgIpc) is 2.52. The second-order valence-electron chi connectivity index (χ2n) is 7.26. The van der Waals surface area contributed by atoms with Gasteiger partial charge in [0.2, 0.25) is 11.8 Å². The van der Waals surface area contributed by atoms with E-state index in [1.165, 1.54) is 12.5 Å². The Hall–Kier alpha value is -2.62. The van der Waals surface area contributed by atoms with Crippen LogP contribution in [0.25, 0.3) is 0 Å². The topological polar surface area (TPSA) is 58.2 Å². The van der Waals surface area contributed by atoms with Crippen molar-refractivity contribution < 1.29 is 9.59 Å². The van der Waals surface area contributed by atoms with Crippen molar-refractivity contribution in [3.8, 4) is 0 Å². The molecule has 0 aliphatic rings. The molecule has 0 heterocycles. The Bertz CT molecular complexity index is 743. The summed E-state index contributed by atoms with van der Waals surface area (Å²) < 4.78 is 0. The number of carbonyl (C=O) groups is 2. The van der Waals surface area contributed by atoms with Crippen LogP contribution in [0.4, 0.5) is 11.4 Å². The van der Waals surface area contributed by atoms with Crippen molar-refractivity contribution >= 4 is 23.2 Å². The van der Waals surface area contributed by atoms with Gasteiger partial charge in [0.15, 0.2) is 0 Å². The number of anilines is 2. The van der Waals surface area contributed by atoms with Crippen LogP contribution in [-0.2, 0) is 21.4 Å². The molecule has 2 aromatic carbocycles. The van der Waals surface area contributed by atoms with Gasteiger partial charge in [-0.15, -0.1) is 0 Å². The second kappa shape index (κ2) is 7.97. The number of hydrogen-bond acceptors (Lipinski definition) is 2. The number of carbonyl (C=O) groups excluding carboxylic acids is 2. The highest BCUT2D eigenvalue weighted by atomic mass is 16.2. The lowest BCUT2D eigenvalue weighted by Crippen LogP contribution is -2.13. The van der Waals surface area contributed by atoms with Crippen molar-refractivity contribution in [1.82, 2.24) is 0 Å². The first-order chi connectivity index (χ1) is 11.7. The van der Waals surface area contributed by atoms with Crippen LogP contribution in [0.15, 0.2) is 48.5 Å². The molecule has 4 heteroatoms. The predicted molar refractivity (Wildman–Crippen MR) is 103 cm³/mol. The molecule has 2 N–H and O–H groups in total. The lowest BCUT2D eigenvalue weighted by molar-refractivity contribution is -0.116. The Morgan fingerprint density at radius 3 is 2.08 bits per heavy atom. The lowest BCUT2D eigenvalue weighted by atomic mass is 9.86. The van der Waals surface area contributed by atoms with Crippen molar-refractivity contribution in [3.63, 3.8) is 0 Å². The summed E-state index contributed by atoms with van der Waals surface area (Å²) >= 11 is 0. The summed E-state index contributed by atoms with van der Waals surface area (Å²) in [6.07, 6.45) is 1.11. The zero-order valence-electron chi connectivity index (χ0n) is 15.3. The highest BCUT2D eigenvalue weighted by molar-refractivity contribution is 5.93. The van der Waals surface area contributed by atoms with E-state index in [1.807, 2.05) is 0 Å². The highest BCUT2D eigenvalue weighted by Gasteiger charge is 2.13. The second-order valence-corrected chi connectivity index (χ2v) is 7.26. The van der Waals surface area contributed by atoms with E-state index in [-0.39, 0.29) is 17.2 Å². The van der Waals surface area contributed by atoms with Crippen LogP contribution in [0, 0.1) is 0 Å². The minimum Gasteiger partial charge on any atom is -0.326 e. The van der Waals surface area contributed by atoms with E-state index < -0.39 is 0 Å². The molecule has 0 aliphatic heterocycles. The Morgan fingerprint density at radius 1 is 0.920 bits per heavy atom. The summed E-state index contributed by atoms with van der Waals surface area (Å²) in [4.78, 5) is 23.2. The molecule has 0 aromatic heterocycles. The van der Waals surface area contributed by atoms with Gasteiger partial charge in [-0.1, -0.05) is 51.1 Å². The fourth-order valence-electron chi connectivity index (χ4n) is 2.53. The summed E-state index contributed by atoms with van der Waals surface area (Å²) in [5.41, 5.74) is 3.92. The summed E-state index contributed by atoms with van der Waals surface area (Å²) in [6.45, 7) is 8.01. The standard InChI is InChI=1S/C21H26N2O2/c1-15(24)22-18-6-5-7-19(14-18)23-20(25)13-10-16-8-11-17(12-9-16)21(2,3)4/h5-9,11-12,14H,10,13H2,1-4H3,(H,22,24)(H,23,25). The third-order valence-electron chi connectivity index (χ3n) is 3.93. The molecule has 132 valence electrons. The van der Waals surface area contributed by atoms with Gasteiger partial charge in [0.1, 0.15) is 0 Å². The van der Waals surface area contributed by atoms with E-state index in [1.54, 1.807) is 24.3 Å². The maximum atomic E-state index is 12.1. The number of hydrogen-bond donors (Lipinski definition) is 2. The lowest BCUT2D eigenvalue weighted by Gasteiger charge is -2.19. The first-order valence-corrected chi connectivity index (χ1v) is 8.51. The summed E-state index contributed by atoms with van der Waals surface area (Å²) in [5.74, 6) is -0.179. The van der Waals surface area contributed by atoms with E-state index in [4.69, 9.17) is 0 Å². The van der Waals surface area contributed by atoms with Gasteiger partial charge in [0, 0.05) is 24.7 Å².